The zero-order valence-electron chi connectivity index (χ0n) is 15.2. The summed E-state index contributed by atoms with van der Waals surface area (Å²) in [6.45, 7) is 9.75. The van der Waals surface area contributed by atoms with Crippen molar-refractivity contribution in [3.05, 3.63) is 29.9 Å². The van der Waals surface area contributed by atoms with Crippen molar-refractivity contribution in [2.45, 2.75) is 58.2 Å². The number of hydrogen-bond acceptors (Lipinski definition) is 5. The van der Waals surface area contributed by atoms with E-state index in [0.717, 1.165) is 51.4 Å². The minimum atomic E-state index is 0.540. The standard InChI is InChI=1S/C18H29N7/c1-2-25-17(13-23-7-3-4-8-23)21-22-18(25)15-5-9-24(10-6-15)12-16-11-19-14-20-16/h11,14-15H,2-10,12-13H2,1H3,(H,19,20). The van der Waals surface area contributed by atoms with Crippen LogP contribution in [0.4, 0.5) is 0 Å². The first-order chi connectivity index (χ1) is 12.3. The van der Waals surface area contributed by atoms with Crippen LogP contribution >= 0.6 is 0 Å². The molecule has 0 unspecified atom stereocenters. The van der Waals surface area contributed by atoms with Gasteiger partial charge in [0.15, 0.2) is 0 Å². The highest BCUT2D eigenvalue weighted by Crippen LogP contribution is 2.28. The lowest BCUT2D eigenvalue weighted by atomic mass is 9.95. The molecule has 4 heterocycles. The maximum Gasteiger partial charge on any atom is 0.147 e. The SMILES string of the molecule is CCn1c(CN2CCCC2)nnc1C1CCN(Cc2cnc[nH]2)CC1. The fourth-order valence-corrected chi connectivity index (χ4v) is 4.21. The van der Waals surface area contributed by atoms with E-state index in [1.807, 2.05) is 6.20 Å². The van der Waals surface area contributed by atoms with E-state index in [0.29, 0.717) is 5.92 Å². The number of hydrogen-bond donors (Lipinski definition) is 1. The smallest absolute Gasteiger partial charge is 0.147 e. The zero-order valence-corrected chi connectivity index (χ0v) is 15.2. The molecule has 1 N–H and O–H groups in total. The van der Waals surface area contributed by atoms with Crippen molar-refractivity contribution >= 4 is 0 Å². The third-order valence-electron chi connectivity index (χ3n) is 5.64. The van der Waals surface area contributed by atoms with Gasteiger partial charge in [-0.25, -0.2) is 4.98 Å². The quantitative estimate of drug-likeness (QED) is 0.869. The predicted octanol–water partition coefficient (Wildman–Crippen LogP) is 2.00. The average molecular weight is 343 g/mol. The van der Waals surface area contributed by atoms with Crippen LogP contribution in [0.25, 0.3) is 0 Å². The van der Waals surface area contributed by atoms with Gasteiger partial charge >= 0.3 is 0 Å². The Bertz CT molecular complexity index is 649. The van der Waals surface area contributed by atoms with E-state index in [2.05, 4.69) is 41.5 Å². The van der Waals surface area contributed by atoms with Crippen molar-refractivity contribution < 1.29 is 0 Å². The van der Waals surface area contributed by atoms with Gasteiger partial charge in [-0.1, -0.05) is 0 Å². The van der Waals surface area contributed by atoms with Gasteiger partial charge in [0.1, 0.15) is 11.6 Å². The molecule has 0 amide bonds. The van der Waals surface area contributed by atoms with E-state index >= 15 is 0 Å². The van der Waals surface area contributed by atoms with Crippen LogP contribution in [0.2, 0.25) is 0 Å². The summed E-state index contributed by atoms with van der Waals surface area (Å²) in [5, 5.41) is 9.15. The zero-order chi connectivity index (χ0) is 17.1. The molecule has 25 heavy (non-hydrogen) atoms. The Morgan fingerprint density at radius 1 is 1.04 bits per heavy atom. The van der Waals surface area contributed by atoms with E-state index in [9.17, 15) is 0 Å². The predicted molar refractivity (Wildman–Crippen MR) is 96.0 cm³/mol. The largest absolute Gasteiger partial charge is 0.347 e. The number of piperidine rings is 1. The molecule has 2 aromatic heterocycles. The van der Waals surface area contributed by atoms with Crippen molar-refractivity contribution in [2.24, 2.45) is 0 Å². The maximum absolute atomic E-state index is 4.61. The van der Waals surface area contributed by atoms with Crippen molar-refractivity contribution in [3.63, 3.8) is 0 Å². The van der Waals surface area contributed by atoms with Gasteiger partial charge in [-0.2, -0.15) is 0 Å². The molecule has 0 aliphatic carbocycles. The highest BCUT2D eigenvalue weighted by Gasteiger charge is 2.26. The summed E-state index contributed by atoms with van der Waals surface area (Å²) in [5.41, 5.74) is 1.20. The van der Waals surface area contributed by atoms with Crippen molar-refractivity contribution in [3.8, 4) is 0 Å². The fraction of sp³-hybridized carbons (Fsp3) is 0.722. The lowest BCUT2D eigenvalue weighted by molar-refractivity contribution is 0.198. The topological polar surface area (TPSA) is 65.9 Å². The fourth-order valence-electron chi connectivity index (χ4n) is 4.21. The van der Waals surface area contributed by atoms with Crippen LogP contribution in [0.3, 0.4) is 0 Å². The molecule has 0 spiro atoms. The summed E-state index contributed by atoms with van der Waals surface area (Å²) in [4.78, 5) is 12.3. The number of imidazole rings is 1. The Morgan fingerprint density at radius 2 is 1.80 bits per heavy atom. The minimum Gasteiger partial charge on any atom is -0.347 e. The second kappa shape index (κ2) is 7.66. The monoisotopic (exact) mass is 343 g/mol. The number of rotatable bonds is 6. The van der Waals surface area contributed by atoms with Gasteiger partial charge < -0.3 is 9.55 Å². The summed E-state index contributed by atoms with van der Waals surface area (Å²) in [6, 6.07) is 0. The van der Waals surface area contributed by atoms with Gasteiger partial charge in [-0.3, -0.25) is 9.80 Å². The highest BCUT2D eigenvalue weighted by atomic mass is 15.3. The van der Waals surface area contributed by atoms with Gasteiger partial charge in [0.2, 0.25) is 0 Å². The Kier molecular flexibility index (Phi) is 5.12. The van der Waals surface area contributed by atoms with Crippen LogP contribution in [0, 0.1) is 0 Å². The molecule has 136 valence electrons. The molecule has 7 heteroatoms. The van der Waals surface area contributed by atoms with Crippen LogP contribution < -0.4 is 0 Å². The average Bonchev–Trinajstić information content (AvgIpc) is 3.38. The summed E-state index contributed by atoms with van der Waals surface area (Å²) < 4.78 is 2.37. The molecule has 0 aromatic carbocycles. The Balaban J connectivity index is 1.38. The van der Waals surface area contributed by atoms with Crippen molar-refractivity contribution in [2.75, 3.05) is 26.2 Å². The number of likely N-dealkylation sites (tertiary alicyclic amines) is 2. The van der Waals surface area contributed by atoms with Gasteiger partial charge in [-0.05, 0) is 58.8 Å². The number of aromatic amines is 1. The van der Waals surface area contributed by atoms with E-state index < -0.39 is 0 Å². The summed E-state index contributed by atoms with van der Waals surface area (Å²) in [5.74, 6) is 2.90. The number of aromatic nitrogens is 5. The van der Waals surface area contributed by atoms with Crippen LogP contribution in [-0.4, -0.2) is 60.7 Å². The summed E-state index contributed by atoms with van der Waals surface area (Å²) in [6.07, 6.45) is 8.65. The Morgan fingerprint density at radius 3 is 2.48 bits per heavy atom. The summed E-state index contributed by atoms with van der Waals surface area (Å²) in [7, 11) is 0. The van der Waals surface area contributed by atoms with Crippen molar-refractivity contribution in [1.82, 2.24) is 34.5 Å². The lowest BCUT2D eigenvalue weighted by Gasteiger charge is -2.31. The first kappa shape index (κ1) is 16.7. The molecule has 0 bridgehead atoms. The molecule has 2 aromatic rings. The molecule has 0 radical (unpaired) electrons. The van der Waals surface area contributed by atoms with Crippen LogP contribution in [0.1, 0.15) is 55.9 Å². The normalized spacial score (nSPS) is 20.5. The van der Waals surface area contributed by atoms with Crippen LogP contribution in [0.5, 0.6) is 0 Å². The van der Waals surface area contributed by atoms with Gasteiger partial charge in [-0.15, -0.1) is 10.2 Å². The molecule has 7 nitrogen and oxygen atoms in total. The molecule has 4 rings (SSSR count). The molecule has 0 atom stereocenters. The number of H-pyrrole nitrogens is 1. The third kappa shape index (κ3) is 3.77. The van der Waals surface area contributed by atoms with E-state index in [1.165, 1.54) is 37.4 Å². The molecule has 2 aliphatic heterocycles. The second-order valence-corrected chi connectivity index (χ2v) is 7.33. The van der Waals surface area contributed by atoms with Crippen LogP contribution in [-0.2, 0) is 19.6 Å². The van der Waals surface area contributed by atoms with Crippen molar-refractivity contribution in [1.29, 1.82) is 0 Å². The van der Waals surface area contributed by atoms with E-state index in [-0.39, 0.29) is 0 Å². The van der Waals surface area contributed by atoms with Crippen LogP contribution in [0.15, 0.2) is 12.5 Å². The molecule has 2 aliphatic rings. The van der Waals surface area contributed by atoms with E-state index in [1.54, 1.807) is 6.33 Å². The third-order valence-corrected chi connectivity index (χ3v) is 5.64. The molecule has 0 saturated carbocycles. The second-order valence-electron chi connectivity index (χ2n) is 7.33. The molecular formula is C18H29N7. The molecule has 2 saturated heterocycles. The Labute approximate surface area is 149 Å². The Hall–Kier alpha value is -1.73. The van der Waals surface area contributed by atoms with Gasteiger partial charge in [0.05, 0.1) is 12.9 Å². The van der Waals surface area contributed by atoms with Gasteiger partial charge in [0.25, 0.3) is 0 Å². The van der Waals surface area contributed by atoms with Gasteiger partial charge in [0, 0.05) is 30.9 Å². The maximum atomic E-state index is 4.61. The summed E-state index contributed by atoms with van der Waals surface area (Å²) >= 11 is 0. The first-order valence-electron chi connectivity index (χ1n) is 9.67. The molecule has 2 fully saturated rings. The number of nitrogens with zero attached hydrogens (tertiary/aromatic N) is 6. The number of nitrogens with one attached hydrogen (secondary N) is 1. The first-order valence-corrected chi connectivity index (χ1v) is 9.67. The van der Waals surface area contributed by atoms with E-state index in [4.69, 9.17) is 0 Å². The minimum absolute atomic E-state index is 0.540. The molecular weight excluding hydrogens is 314 g/mol. The lowest BCUT2D eigenvalue weighted by Crippen LogP contribution is -2.33. The highest BCUT2D eigenvalue weighted by molar-refractivity contribution is 5.05.